The summed E-state index contributed by atoms with van der Waals surface area (Å²) < 4.78 is 36.3. The lowest BCUT2D eigenvalue weighted by atomic mass is 9.95. The first-order chi connectivity index (χ1) is 13.4. The number of aliphatic carboxylic acids is 1. The van der Waals surface area contributed by atoms with Gasteiger partial charge in [0.05, 0.1) is 29.1 Å². The number of benzene rings is 1. The van der Waals surface area contributed by atoms with Crippen LogP contribution in [0.15, 0.2) is 11.8 Å². The van der Waals surface area contributed by atoms with Crippen LogP contribution in [0.5, 0.6) is 0 Å². The zero-order valence-corrected chi connectivity index (χ0v) is 15.8. The molecule has 152 valence electrons. The van der Waals surface area contributed by atoms with E-state index in [-0.39, 0.29) is 52.8 Å². The number of likely N-dealkylation sites (N-methyl/N-ethyl adjacent to an activating group) is 1. The van der Waals surface area contributed by atoms with Gasteiger partial charge in [-0.2, -0.15) is 0 Å². The number of methoxy groups -OCH3 is 1. The maximum atomic E-state index is 15.7. The van der Waals surface area contributed by atoms with Gasteiger partial charge in [0.2, 0.25) is 0 Å². The highest BCUT2D eigenvalue weighted by Gasteiger charge is 2.41. The lowest BCUT2D eigenvalue weighted by Gasteiger charge is -2.32. The van der Waals surface area contributed by atoms with Gasteiger partial charge >= 0.3 is 5.97 Å². The molecule has 4 rings (SSSR count). The van der Waals surface area contributed by atoms with Crippen LogP contribution in [-0.2, 0) is 16.0 Å². The van der Waals surface area contributed by atoms with Gasteiger partial charge in [-0.05, 0) is 19.9 Å². The Morgan fingerprint density at radius 2 is 2.00 bits per heavy atom. The van der Waals surface area contributed by atoms with E-state index in [1.54, 1.807) is 24.0 Å². The van der Waals surface area contributed by atoms with Crippen LogP contribution in [0.1, 0.15) is 18.4 Å². The summed E-state index contributed by atoms with van der Waals surface area (Å²) in [5, 5.41) is 12.5. The van der Waals surface area contributed by atoms with Crippen molar-refractivity contribution in [2.45, 2.75) is 37.5 Å². The number of hydrogen-bond donors (Lipinski definition) is 3. The van der Waals surface area contributed by atoms with E-state index >= 15 is 8.78 Å². The van der Waals surface area contributed by atoms with E-state index in [9.17, 15) is 9.90 Å². The Balaban J connectivity index is 1.82. The third kappa shape index (κ3) is 2.89. The number of hydrogen-bond acceptors (Lipinski definition) is 6. The third-order valence-corrected chi connectivity index (χ3v) is 5.86. The fourth-order valence-electron chi connectivity index (χ4n) is 4.17. The molecule has 0 unspecified atom stereocenters. The van der Waals surface area contributed by atoms with Gasteiger partial charge in [-0.1, -0.05) is 0 Å². The Kier molecular flexibility index (Phi) is 4.67. The smallest absolute Gasteiger partial charge is 0.333 e. The molecule has 2 heterocycles. The van der Waals surface area contributed by atoms with Gasteiger partial charge in [-0.15, -0.1) is 0 Å². The Morgan fingerprint density at radius 3 is 2.54 bits per heavy atom. The molecule has 0 spiro atoms. The van der Waals surface area contributed by atoms with Gasteiger partial charge in [0, 0.05) is 44.4 Å². The average molecular weight is 394 g/mol. The minimum Gasteiger partial charge on any atom is -0.478 e. The van der Waals surface area contributed by atoms with Crippen LogP contribution < -0.4 is 20.9 Å². The van der Waals surface area contributed by atoms with E-state index in [0.717, 1.165) is 12.8 Å². The summed E-state index contributed by atoms with van der Waals surface area (Å²) in [6.07, 6.45) is 2.80. The van der Waals surface area contributed by atoms with Crippen LogP contribution in [0.25, 0.3) is 0 Å². The standard InChI is InChI=1S/C19H24F2N4O3/c1-23-12-7-24(8-13(12)28-2)18-14(20)16(22)11-5-9(19(26)27)6-25(10-3-4-10)17(11)15(18)21/h6,10,12-13,23H,3-5,7-8,22H2,1-2H3,(H,26,27)/t12-,13+/m0/s1. The first-order valence-corrected chi connectivity index (χ1v) is 9.34. The predicted molar refractivity (Wildman–Crippen MR) is 102 cm³/mol. The van der Waals surface area contributed by atoms with E-state index in [1.165, 1.54) is 6.20 Å². The van der Waals surface area contributed by atoms with Gasteiger partial charge in [0.25, 0.3) is 0 Å². The lowest BCUT2D eigenvalue weighted by Crippen LogP contribution is -2.37. The molecular weight excluding hydrogens is 370 g/mol. The number of fused-ring (bicyclic) bond motifs is 1. The van der Waals surface area contributed by atoms with E-state index in [2.05, 4.69) is 5.32 Å². The van der Waals surface area contributed by atoms with Gasteiger partial charge < -0.3 is 30.7 Å². The van der Waals surface area contributed by atoms with Crippen molar-refractivity contribution < 1.29 is 23.4 Å². The number of rotatable bonds is 5. The fraction of sp³-hybridized carbons (Fsp3) is 0.526. The molecular formula is C19H24F2N4O3. The van der Waals surface area contributed by atoms with Gasteiger partial charge in [-0.25, -0.2) is 13.6 Å². The average Bonchev–Trinajstić information content (AvgIpc) is 3.45. The number of nitrogens with zero attached hydrogens (tertiary/aromatic N) is 2. The number of ether oxygens (including phenoxy) is 1. The summed E-state index contributed by atoms with van der Waals surface area (Å²) in [6.45, 7) is 0.703. The van der Waals surface area contributed by atoms with Crippen LogP contribution in [0.3, 0.4) is 0 Å². The zero-order chi connectivity index (χ0) is 20.2. The summed E-state index contributed by atoms with van der Waals surface area (Å²) in [5.41, 5.74) is 6.18. The molecule has 7 nitrogen and oxygen atoms in total. The quantitative estimate of drug-likeness (QED) is 0.652. The molecule has 2 aliphatic heterocycles. The highest BCUT2D eigenvalue weighted by molar-refractivity contribution is 5.91. The first-order valence-electron chi connectivity index (χ1n) is 9.34. The summed E-state index contributed by atoms with van der Waals surface area (Å²) in [5.74, 6) is -2.65. The number of nitrogens with two attached hydrogens (primary N) is 1. The molecule has 2 fully saturated rings. The topological polar surface area (TPSA) is 91.1 Å². The zero-order valence-electron chi connectivity index (χ0n) is 15.8. The van der Waals surface area contributed by atoms with Crippen LogP contribution in [0, 0.1) is 11.6 Å². The van der Waals surface area contributed by atoms with Crippen LogP contribution in [0.2, 0.25) is 0 Å². The lowest BCUT2D eigenvalue weighted by molar-refractivity contribution is -0.132. The van der Waals surface area contributed by atoms with E-state index in [4.69, 9.17) is 10.5 Å². The number of carbonyl (C=O) groups is 1. The molecule has 2 atom stereocenters. The molecule has 0 aromatic heterocycles. The molecule has 1 saturated carbocycles. The maximum absolute atomic E-state index is 15.7. The molecule has 1 aliphatic carbocycles. The van der Waals surface area contributed by atoms with Gasteiger partial charge in [-0.3, -0.25) is 0 Å². The molecule has 1 aromatic carbocycles. The molecule has 3 aliphatic rings. The predicted octanol–water partition coefficient (Wildman–Crippen LogP) is 1.46. The minimum absolute atomic E-state index is 0.0102. The van der Waals surface area contributed by atoms with Crippen molar-refractivity contribution in [2.75, 3.05) is 42.8 Å². The van der Waals surface area contributed by atoms with E-state index in [1.807, 2.05) is 0 Å². The second-order valence-electron chi connectivity index (χ2n) is 7.57. The Bertz CT molecular complexity index is 844. The molecule has 0 radical (unpaired) electrons. The number of carboxylic acid groups (broad SMARTS) is 1. The molecule has 28 heavy (non-hydrogen) atoms. The SMILES string of the molecule is CN[C@H]1CN(c2c(F)c(N)c3c(c2F)N(C2CC2)C=C(C(=O)O)C3)C[C@H]1OC. The number of nitrogens with one attached hydrogen (secondary N) is 1. The maximum Gasteiger partial charge on any atom is 0.333 e. The summed E-state index contributed by atoms with van der Waals surface area (Å²) in [4.78, 5) is 14.7. The van der Waals surface area contributed by atoms with Crippen molar-refractivity contribution in [2.24, 2.45) is 0 Å². The van der Waals surface area contributed by atoms with Crippen molar-refractivity contribution in [1.29, 1.82) is 0 Å². The first kappa shape index (κ1) is 18.9. The molecule has 0 amide bonds. The number of anilines is 3. The van der Waals surface area contributed by atoms with Gasteiger partial charge in [0.15, 0.2) is 11.6 Å². The molecule has 9 heteroatoms. The van der Waals surface area contributed by atoms with E-state index in [0.29, 0.717) is 13.1 Å². The Hall–Kier alpha value is -2.39. The number of carboxylic acids is 1. The highest BCUT2D eigenvalue weighted by atomic mass is 19.1. The second-order valence-corrected chi connectivity index (χ2v) is 7.57. The van der Waals surface area contributed by atoms with Crippen LogP contribution in [0.4, 0.5) is 25.8 Å². The summed E-state index contributed by atoms with van der Waals surface area (Å²) in [7, 11) is 3.35. The van der Waals surface area contributed by atoms with Crippen molar-refractivity contribution in [3.8, 4) is 0 Å². The monoisotopic (exact) mass is 394 g/mol. The second kappa shape index (κ2) is 6.89. The summed E-state index contributed by atoms with van der Waals surface area (Å²) >= 11 is 0. The summed E-state index contributed by atoms with van der Waals surface area (Å²) in [6, 6.07) is -0.0601. The fourth-order valence-corrected chi connectivity index (χ4v) is 4.17. The molecule has 1 aromatic rings. The van der Waals surface area contributed by atoms with Crippen molar-refractivity contribution in [3.05, 3.63) is 29.0 Å². The van der Waals surface area contributed by atoms with Gasteiger partial charge in [0.1, 0.15) is 5.69 Å². The molecule has 0 bridgehead atoms. The minimum atomic E-state index is -1.11. The van der Waals surface area contributed by atoms with Crippen molar-refractivity contribution in [1.82, 2.24) is 5.32 Å². The number of nitrogen functional groups attached to an aromatic ring is 1. The molecule has 1 saturated heterocycles. The van der Waals surface area contributed by atoms with E-state index < -0.39 is 17.6 Å². The molecule has 4 N–H and O–H groups in total. The van der Waals surface area contributed by atoms with Crippen molar-refractivity contribution >= 4 is 23.0 Å². The third-order valence-electron chi connectivity index (χ3n) is 5.86. The van der Waals surface area contributed by atoms with Crippen LogP contribution in [-0.4, -0.2) is 56.5 Å². The van der Waals surface area contributed by atoms with Crippen molar-refractivity contribution in [3.63, 3.8) is 0 Å². The number of halogens is 2. The largest absolute Gasteiger partial charge is 0.478 e. The highest BCUT2D eigenvalue weighted by Crippen LogP contribution is 2.46. The normalized spacial score (nSPS) is 24.4. The Labute approximate surface area is 161 Å². The Morgan fingerprint density at radius 1 is 1.29 bits per heavy atom. The van der Waals surface area contributed by atoms with Crippen LogP contribution >= 0.6 is 0 Å².